The van der Waals surface area contributed by atoms with Gasteiger partial charge in [-0.25, -0.2) is 4.98 Å². The van der Waals surface area contributed by atoms with Crippen molar-refractivity contribution in [1.29, 1.82) is 0 Å². The van der Waals surface area contributed by atoms with E-state index in [9.17, 15) is 9.90 Å². The lowest BCUT2D eigenvalue weighted by atomic mass is 10.1. The molecule has 2 heterocycles. The molecule has 0 bridgehead atoms. The van der Waals surface area contributed by atoms with E-state index in [0.717, 1.165) is 0 Å². The number of ether oxygens (including phenoxy) is 1. The topological polar surface area (TPSA) is 91.7 Å². The van der Waals surface area contributed by atoms with E-state index in [0.29, 0.717) is 13.0 Å². The van der Waals surface area contributed by atoms with Crippen molar-refractivity contribution < 1.29 is 19.7 Å². The maximum absolute atomic E-state index is 11.8. The van der Waals surface area contributed by atoms with E-state index >= 15 is 0 Å². The van der Waals surface area contributed by atoms with E-state index in [1.165, 1.54) is 18.3 Å². The summed E-state index contributed by atoms with van der Waals surface area (Å²) in [6.45, 7) is 0.749. The zero-order chi connectivity index (χ0) is 12.3. The number of hydrogen-bond acceptors (Lipinski definition) is 5. The van der Waals surface area contributed by atoms with E-state index in [1.54, 1.807) is 0 Å². The van der Waals surface area contributed by atoms with Crippen LogP contribution >= 0.6 is 0 Å². The number of carbonyl (C=O) groups excluding carboxylic acids is 1. The molecule has 0 aliphatic carbocycles. The highest BCUT2D eigenvalue weighted by Crippen LogP contribution is 2.10. The van der Waals surface area contributed by atoms with E-state index in [2.05, 4.69) is 10.3 Å². The summed E-state index contributed by atoms with van der Waals surface area (Å²) in [5.41, 5.74) is 0.210. The highest BCUT2D eigenvalue weighted by Gasteiger charge is 2.25. The maximum atomic E-state index is 11.8. The molecule has 1 saturated heterocycles. The fourth-order valence-electron chi connectivity index (χ4n) is 1.65. The lowest BCUT2D eigenvalue weighted by Gasteiger charge is -2.28. The zero-order valence-electron chi connectivity index (χ0n) is 9.17. The van der Waals surface area contributed by atoms with Crippen LogP contribution in [0.2, 0.25) is 0 Å². The van der Waals surface area contributed by atoms with Crippen LogP contribution in [0.1, 0.15) is 16.9 Å². The summed E-state index contributed by atoms with van der Waals surface area (Å²) in [6.07, 6.45) is 1.09. The summed E-state index contributed by atoms with van der Waals surface area (Å²) < 4.78 is 5.07. The molecule has 2 rings (SSSR count). The molecule has 1 fully saturated rings. The molecule has 0 aromatic carbocycles. The molecular formula is C11H14N2O4. The predicted octanol–water partition coefficient (Wildman–Crippen LogP) is -0.333. The Hall–Kier alpha value is -1.66. The smallest absolute Gasteiger partial charge is 0.270 e. The first-order chi connectivity index (χ1) is 8.16. The van der Waals surface area contributed by atoms with Crippen molar-refractivity contribution in [2.24, 2.45) is 0 Å². The molecule has 6 nitrogen and oxygen atoms in total. The second kappa shape index (κ2) is 5.11. The number of carbonyl (C=O) groups is 1. The molecule has 17 heavy (non-hydrogen) atoms. The van der Waals surface area contributed by atoms with Crippen molar-refractivity contribution in [3.05, 3.63) is 24.0 Å². The van der Waals surface area contributed by atoms with Gasteiger partial charge in [0.2, 0.25) is 0 Å². The number of rotatable bonds is 2. The summed E-state index contributed by atoms with van der Waals surface area (Å²) in [7, 11) is 0. The number of amides is 1. The van der Waals surface area contributed by atoms with Gasteiger partial charge in [0.15, 0.2) is 0 Å². The van der Waals surface area contributed by atoms with E-state index < -0.39 is 6.10 Å². The lowest BCUT2D eigenvalue weighted by molar-refractivity contribution is -0.0261. The number of aliphatic hydroxyl groups excluding tert-OH is 1. The van der Waals surface area contributed by atoms with Gasteiger partial charge in [-0.2, -0.15) is 0 Å². The first kappa shape index (κ1) is 11.8. The van der Waals surface area contributed by atoms with Crippen molar-refractivity contribution in [1.82, 2.24) is 10.3 Å². The Morgan fingerprint density at radius 1 is 1.53 bits per heavy atom. The molecule has 1 aromatic heterocycles. The maximum Gasteiger partial charge on any atom is 0.270 e. The second-order valence-corrected chi connectivity index (χ2v) is 3.91. The standard InChI is InChI=1S/C11H14N2O4/c14-7-1-2-9(12-5-7)11(16)13-8-3-4-17-6-10(8)15/h1-2,5,8,10,14-15H,3-4,6H2,(H,13,16)/t8-,10-/m1/s1. The molecule has 3 N–H and O–H groups in total. The normalized spacial score (nSPS) is 24.3. The third-order valence-electron chi connectivity index (χ3n) is 2.62. The number of aromatic nitrogens is 1. The lowest BCUT2D eigenvalue weighted by Crippen LogP contribution is -2.48. The minimum Gasteiger partial charge on any atom is -0.506 e. The first-order valence-electron chi connectivity index (χ1n) is 5.38. The van der Waals surface area contributed by atoms with Gasteiger partial charge in [0, 0.05) is 6.61 Å². The third kappa shape index (κ3) is 2.92. The van der Waals surface area contributed by atoms with Crippen LogP contribution in [0.25, 0.3) is 0 Å². The first-order valence-corrected chi connectivity index (χ1v) is 5.38. The summed E-state index contributed by atoms with van der Waals surface area (Å²) in [5, 5.41) is 21.4. The van der Waals surface area contributed by atoms with Crippen molar-refractivity contribution in [3.8, 4) is 5.75 Å². The van der Waals surface area contributed by atoms with Gasteiger partial charge in [-0.05, 0) is 18.6 Å². The average molecular weight is 238 g/mol. The van der Waals surface area contributed by atoms with E-state index in [1.807, 2.05) is 0 Å². The van der Waals surface area contributed by atoms with E-state index in [-0.39, 0.29) is 30.0 Å². The average Bonchev–Trinajstić information content (AvgIpc) is 2.33. The molecule has 0 saturated carbocycles. The molecule has 1 amide bonds. The fraction of sp³-hybridized carbons (Fsp3) is 0.455. The van der Waals surface area contributed by atoms with Crippen molar-refractivity contribution >= 4 is 5.91 Å². The van der Waals surface area contributed by atoms with Crippen molar-refractivity contribution in [2.45, 2.75) is 18.6 Å². The van der Waals surface area contributed by atoms with Gasteiger partial charge in [0.1, 0.15) is 11.4 Å². The third-order valence-corrected chi connectivity index (χ3v) is 2.62. The monoisotopic (exact) mass is 238 g/mol. The molecule has 0 spiro atoms. The highest BCUT2D eigenvalue weighted by molar-refractivity contribution is 5.92. The molecule has 1 aromatic rings. The van der Waals surface area contributed by atoms with Gasteiger partial charge >= 0.3 is 0 Å². The Bertz CT molecular complexity index is 393. The van der Waals surface area contributed by atoms with Gasteiger partial charge in [0.25, 0.3) is 5.91 Å². The van der Waals surface area contributed by atoms with Gasteiger partial charge in [-0.15, -0.1) is 0 Å². The Morgan fingerprint density at radius 2 is 2.35 bits per heavy atom. The summed E-state index contributed by atoms with van der Waals surface area (Å²) >= 11 is 0. The SMILES string of the molecule is O=C(N[C@@H]1CCOC[C@H]1O)c1ccc(O)cn1. The Kier molecular flexibility index (Phi) is 3.55. The Morgan fingerprint density at radius 3 is 3.00 bits per heavy atom. The number of nitrogens with one attached hydrogen (secondary N) is 1. The van der Waals surface area contributed by atoms with Crippen LogP contribution < -0.4 is 5.32 Å². The van der Waals surface area contributed by atoms with Crippen LogP contribution in [0.15, 0.2) is 18.3 Å². The molecule has 92 valence electrons. The second-order valence-electron chi connectivity index (χ2n) is 3.91. The van der Waals surface area contributed by atoms with Gasteiger partial charge in [-0.1, -0.05) is 0 Å². The Labute approximate surface area is 98.2 Å². The van der Waals surface area contributed by atoms with Crippen LogP contribution in [0.4, 0.5) is 0 Å². The van der Waals surface area contributed by atoms with Gasteiger partial charge in [0.05, 0.1) is 24.9 Å². The molecule has 1 aliphatic rings. The van der Waals surface area contributed by atoms with Gasteiger partial charge in [-0.3, -0.25) is 4.79 Å². The number of hydrogen-bond donors (Lipinski definition) is 3. The van der Waals surface area contributed by atoms with E-state index in [4.69, 9.17) is 9.84 Å². The quantitative estimate of drug-likeness (QED) is 0.656. The van der Waals surface area contributed by atoms with Crippen molar-refractivity contribution in [3.63, 3.8) is 0 Å². The van der Waals surface area contributed by atoms with Crippen molar-refractivity contribution in [2.75, 3.05) is 13.2 Å². The predicted molar refractivity (Wildman–Crippen MR) is 58.6 cm³/mol. The van der Waals surface area contributed by atoms with Gasteiger partial charge < -0.3 is 20.3 Å². The largest absolute Gasteiger partial charge is 0.506 e. The summed E-state index contributed by atoms with van der Waals surface area (Å²) in [4.78, 5) is 15.6. The fourth-order valence-corrected chi connectivity index (χ4v) is 1.65. The summed E-state index contributed by atoms with van der Waals surface area (Å²) in [6, 6.07) is 2.51. The van der Waals surface area contributed by atoms with Crippen LogP contribution in [0.3, 0.4) is 0 Å². The number of pyridine rings is 1. The van der Waals surface area contributed by atoms with Crippen LogP contribution in [-0.4, -0.2) is 46.5 Å². The Balaban J connectivity index is 1.98. The summed E-state index contributed by atoms with van der Waals surface area (Å²) in [5.74, 6) is -0.358. The molecular weight excluding hydrogens is 224 g/mol. The van der Waals surface area contributed by atoms with Crippen LogP contribution in [0, 0.1) is 0 Å². The number of aliphatic hydroxyl groups is 1. The molecule has 2 atom stereocenters. The minimum absolute atomic E-state index is 0.00708. The molecule has 0 unspecified atom stereocenters. The number of aromatic hydroxyl groups is 1. The molecule has 6 heteroatoms. The van der Waals surface area contributed by atoms with Crippen LogP contribution in [-0.2, 0) is 4.74 Å². The number of nitrogens with zero attached hydrogens (tertiary/aromatic N) is 1. The molecule has 1 aliphatic heterocycles. The highest BCUT2D eigenvalue weighted by atomic mass is 16.5. The minimum atomic E-state index is -0.690. The zero-order valence-corrected chi connectivity index (χ0v) is 9.17. The molecule has 0 radical (unpaired) electrons. The van der Waals surface area contributed by atoms with Crippen LogP contribution in [0.5, 0.6) is 5.75 Å².